The normalized spacial score (nSPS) is 20.2. The summed E-state index contributed by atoms with van der Waals surface area (Å²) in [6, 6.07) is 5.34. The molecule has 0 radical (unpaired) electrons. The van der Waals surface area contributed by atoms with E-state index in [1.165, 1.54) is 7.11 Å². The van der Waals surface area contributed by atoms with Crippen LogP contribution in [0.5, 0.6) is 11.5 Å². The molecule has 0 saturated carbocycles. The molecule has 0 bridgehead atoms. The van der Waals surface area contributed by atoms with Crippen LogP contribution >= 0.6 is 0 Å². The standard InChI is InChI=1S/C15H20O5/c1-10(15(16)17)12-6-3-7-13(14(12)18-2)20-11-5-4-8-19-9-11/h3,6-7,10-11H,4-5,8-9H2,1-2H3,(H,16,17). The Hall–Kier alpha value is -1.75. The van der Waals surface area contributed by atoms with Crippen molar-refractivity contribution in [1.29, 1.82) is 0 Å². The number of hydrogen-bond acceptors (Lipinski definition) is 4. The first-order valence-corrected chi connectivity index (χ1v) is 6.77. The average Bonchev–Trinajstić information content (AvgIpc) is 2.47. The van der Waals surface area contributed by atoms with E-state index in [1.54, 1.807) is 25.1 Å². The van der Waals surface area contributed by atoms with Gasteiger partial charge in [0.2, 0.25) is 0 Å². The van der Waals surface area contributed by atoms with E-state index in [4.69, 9.17) is 19.3 Å². The molecule has 1 aliphatic heterocycles. The van der Waals surface area contributed by atoms with Crippen LogP contribution < -0.4 is 9.47 Å². The molecule has 0 aromatic heterocycles. The number of carbonyl (C=O) groups is 1. The van der Waals surface area contributed by atoms with Crippen LogP contribution in [-0.4, -0.2) is 37.5 Å². The van der Waals surface area contributed by atoms with Gasteiger partial charge in [0.05, 0.1) is 19.6 Å². The molecule has 2 atom stereocenters. The van der Waals surface area contributed by atoms with Crippen molar-refractivity contribution in [2.45, 2.75) is 31.8 Å². The van der Waals surface area contributed by atoms with Crippen molar-refractivity contribution >= 4 is 5.97 Å². The molecule has 0 aliphatic carbocycles. The summed E-state index contributed by atoms with van der Waals surface area (Å²) >= 11 is 0. The molecule has 5 nitrogen and oxygen atoms in total. The van der Waals surface area contributed by atoms with Gasteiger partial charge in [0.1, 0.15) is 6.10 Å². The Morgan fingerprint density at radius 1 is 1.50 bits per heavy atom. The van der Waals surface area contributed by atoms with Crippen molar-refractivity contribution in [3.63, 3.8) is 0 Å². The van der Waals surface area contributed by atoms with Gasteiger partial charge in [0.15, 0.2) is 11.5 Å². The molecule has 1 saturated heterocycles. The SMILES string of the molecule is COc1c(OC2CCCOC2)cccc1C(C)C(=O)O. The molecule has 1 aromatic rings. The summed E-state index contributed by atoms with van der Waals surface area (Å²) in [4.78, 5) is 11.2. The number of methoxy groups -OCH3 is 1. The van der Waals surface area contributed by atoms with Crippen molar-refractivity contribution in [3.8, 4) is 11.5 Å². The Morgan fingerprint density at radius 2 is 2.30 bits per heavy atom. The van der Waals surface area contributed by atoms with Crippen molar-refractivity contribution in [2.75, 3.05) is 20.3 Å². The molecular formula is C15H20O5. The first kappa shape index (κ1) is 14.7. The van der Waals surface area contributed by atoms with Gasteiger partial charge in [-0.05, 0) is 25.8 Å². The van der Waals surface area contributed by atoms with Crippen LogP contribution in [-0.2, 0) is 9.53 Å². The maximum atomic E-state index is 11.2. The van der Waals surface area contributed by atoms with Crippen LogP contribution in [0.25, 0.3) is 0 Å². The summed E-state index contributed by atoms with van der Waals surface area (Å²) in [6.07, 6.45) is 1.90. The van der Waals surface area contributed by atoms with Gasteiger partial charge >= 0.3 is 5.97 Å². The van der Waals surface area contributed by atoms with E-state index in [0.29, 0.717) is 23.7 Å². The summed E-state index contributed by atoms with van der Waals surface area (Å²) in [7, 11) is 1.53. The van der Waals surface area contributed by atoms with E-state index in [1.807, 2.05) is 0 Å². The molecule has 1 fully saturated rings. The minimum absolute atomic E-state index is 0.00645. The minimum atomic E-state index is -0.888. The Balaban J connectivity index is 2.23. The predicted octanol–water partition coefficient (Wildman–Crippen LogP) is 2.44. The fourth-order valence-corrected chi connectivity index (χ4v) is 2.30. The lowest BCUT2D eigenvalue weighted by Crippen LogP contribution is -2.28. The zero-order valence-electron chi connectivity index (χ0n) is 11.8. The van der Waals surface area contributed by atoms with Gasteiger partial charge < -0.3 is 19.3 Å². The van der Waals surface area contributed by atoms with Crippen molar-refractivity contribution in [2.24, 2.45) is 0 Å². The fourth-order valence-electron chi connectivity index (χ4n) is 2.30. The molecule has 20 heavy (non-hydrogen) atoms. The third kappa shape index (κ3) is 3.22. The topological polar surface area (TPSA) is 65.0 Å². The van der Waals surface area contributed by atoms with Crippen LogP contribution in [0.2, 0.25) is 0 Å². The zero-order chi connectivity index (χ0) is 14.5. The lowest BCUT2D eigenvalue weighted by Gasteiger charge is -2.25. The highest BCUT2D eigenvalue weighted by molar-refractivity contribution is 5.77. The quantitative estimate of drug-likeness (QED) is 0.897. The van der Waals surface area contributed by atoms with Gasteiger partial charge in [0.25, 0.3) is 0 Å². The molecule has 0 amide bonds. The number of carboxylic acids is 1. The van der Waals surface area contributed by atoms with Crippen LogP contribution in [0.1, 0.15) is 31.2 Å². The van der Waals surface area contributed by atoms with Crippen LogP contribution in [0.3, 0.4) is 0 Å². The van der Waals surface area contributed by atoms with E-state index in [-0.39, 0.29) is 6.10 Å². The van der Waals surface area contributed by atoms with Crippen molar-refractivity contribution in [3.05, 3.63) is 23.8 Å². The highest BCUT2D eigenvalue weighted by Crippen LogP contribution is 2.36. The van der Waals surface area contributed by atoms with Crippen LogP contribution in [0, 0.1) is 0 Å². The second-order valence-corrected chi connectivity index (χ2v) is 4.90. The smallest absolute Gasteiger partial charge is 0.310 e. The van der Waals surface area contributed by atoms with Crippen molar-refractivity contribution in [1.82, 2.24) is 0 Å². The Morgan fingerprint density at radius 3 is 2.90 bits per heavy atom. The first-order valence-electron chi connectivity index (χ1n) is 6.77. The molecule has 5 heteroatoms. The summed E-state index contributed by atoms with van der Waals surface area (Å²) < 4.78 is 16.6. The highest BCUT2D eigenvalue weighted by atomic mass is 16.5. The summed E-state index contributed by atoms with van der Waals surface area (Å²) in [6.45, 7) is 2.96. The molecule has 110 valence electrons. The van der Waals surface area contributed by atoms with Gasteiger partial charge in [-0.1, -0.05) is 12.1 Å². The lowest BCUT2D eigenvalue weighted by atomic mass is 10.00. The molecule has 1 N–H and O–H groups in total. The molecule has 1 aromatic carbocycles. The monoisotopic (exact) mass is 280 g/mol. The zero-order valence-corrected chi connectivity index (χ0v) is 11.8. The summed E-state index contributed by atoms with van der Waals surface area (Å²) in [5, 5.41) is 9.15. The Bertz CT molecular complexity index is 465. The predicted molar refractivity (Wildman–Crippen MR) is 73.5 cm³/mol. The summed E-state index contributed by atoms with van der Waals surface area (Å²) in [5.74, 6) is -0.459. The number of rotatable bonds is 5. The number of benzene rings is 1. The number of aliphatic carboxylic acids is 1. The van der Waals surface area contributed by atoms with E-state index >= 15 is 0 Å². The first-order chi connectivity index (χ1) is 9.63. The number of carboxylic acid groups (broad SMARTS) is 1. The van der Waals surface area contributed by atoms with Gasteiger partial charge in [-0.15, -0.1) is 0 Å². The Kier molecular flexibility index (Phi) is 4.84. The van der Waals surface area contributed by atoms with Crippen molar-refractivity contribution < 1.29 is 24.1 Å². The van der Waals surface area contributed by atoms with Gasteiger partial charge in [0, 0.05) is 12.2 Å². The fraction of sp³-hybridized carbons (Fsp3) is 0.533. The van der Waals surface area contributed by atoms with E-state index in [0.717, 1.165) is 19.4 Å². The Labute approximate surface area is 118 Å². The maximum absolute atomic E-state index is 11.2. The molecule has 2 unspecified atom stereocenters. The lowest BCUT2D eigenvalue weighted by molar-refractivity contribution is -0.138. The molecular weight excluding hydrogens is 260 g/mol. The number of hydrogen-bond donors (Lipinski definition) is 1. The van der Waals surface area contributed by atoms with Crippen LogP contribution in [0.15, 0.2) is 18.2 Å². The molecule has 1 heterocycles. The van der Waals surface area contributed by atoms with Gasteiger partial charge in [-0.25, -0.2) is 0 Å². The second kappa shape index (κ2) is 6.61. The number of ether oxygens (including phenoxy) is 3. The largest absolute Gasteiger partial charge is 0.493 e. The van der Waals surface area contributed by atoms with E-state index < -0.39 is 11.9 Å². The maximum Gasteiger partial charge on any atom is 0.310 e. The number of para-hydroxylation sites is 1. The summed E-state index contributed by atoms with van der Waals surface area (Å²) in [5.41, 5.74) is 0.620. The second-order valence-electron chi connectivity index (χ2n) is 4.90. The molecule has 2 rings (SSSR count). The highest BCUT2D eigenvalue weighted by Gasteiger charge is 2.23. The van der Waals surface area contributed by atoms with E-state index in [2.05, 4.69) is 0 Å². The molecule has 0 spiro atoms. The minimum Gasteiger partial charge on any atom is -0.493 e. The third-order valence-corrected chi connectivity index (χ3v) is 3.46. The van der Waals surface area contributed by atoms with E-state index in [9.17, 15) is 4.79 Å². The van der Waals surface area contributed by atoms with Crippen LogP contribution in [0.4, 0.5) is 0 Å². The van der Waals surface area contributed by atoms with Gasteiger partial charge in [-0.3, -0.25) is 4.79 Å². The molecule has 1 aliphatic rings. The average molecular weight is 280 g/mol. The van der Waals surface area contributed by atoms with Gasteiger partial charge in [-0.2, -0.15) is 0 Å². The third-order valence-electron chi connectivity index (χ3n) is 3.46.